The van der Waals surface area contributed by atoms with Crippen LogP contribution in [-0.2, 0) is 6.54 Å². The summed E-state index contributed by atoms with van der Waals surface area (Å²) < 4.78 is 2.45. The van der Waals surface area contributed by atoms with E-state index in [1.165, 1.54) is 43.6 Å². The smallest absolute Gasteiger partial charge is 0.112 e. The van der Waals surface area contributed by atoms with Crippen LogP contribution in [0.2, 0.25) is 0 Å². The van der Waals surface area contributed by atoms with Crippen LogP contribution in [0.1, 0.15) is 55.6 Å². The Morgan fingerprint density at radius 2 is 2.20 bits per heavy atom. The zero-order chi connectivity index (χ0) is 10.3. The van der Waals surface area contributed by atoms with E-state index in [0.717, 1.165) is 18.5 Å². The number of aromatic nitrogens is 2. The van der Waals surface area contributed by atoms with E-state index in [4.69, 9.17) is 4.98 Å². The maximum atomic E-state index is 4.78. The molecule has 0 bridgehead atoms. The molecule has 1 aromatic heterocycles. The lowest BCUT2D eigenvalue weighted by molar-refractivity contribution is 0.387. The van der Waals surface area contributed by atoms with Crippen LogP contribution < -0.4 is 5.32 Å². The summed E-state index contributed by atoms with van der Waals surface area (Å²) in [6.45, 7) is 0.902. The molecule has 1 heterocycles. The summed E-state index contributed by atoms with van der Waals surface area (Å²) in [6, 6.07) is 0.777. The van der Waals surface area contributed by atoms with Gasteiger partial charge in [-0.3, -0.25) is 0 Å². The molecule has 2 aliphatic rings. The molecule has 0 spiro atoms. The van der Waals surface area contributed by atoms with Gasteiger partial charge in [0.05, 0.1) is 5.69 Å². The van der Waals surface area contributed by atoms with Crippen molar-refractivity contribution >= 4 is 0 Å². The van der Waals surface area contributed by atoms with Crippen LogP contribution in [0, 0.1) is 0 Å². The van der Waals surface area contributed by atoms with Gasteiger partial charge >= 0.3 is 0 Å². The zero-order valence-electron chi connectivity index (χ0n) is 9.37. The van der Waals surface area contributed by atoms with Gasteiger partial charge in [0.2, 0.25) is 0 Å². The largest absolute Gasteiger partial charge is 0.331 e. The molecule has 0 unspecified atom stereocenters. The minimum Gasteiger partial charge on any atom is -0.331 e. The normalized spacial score (nSPS) is 21.7. The van der Waals surface area contributed by atoms with Crippen LogP contribution in [0.25, 0.3) is 0 Å². The van der Waals surface area contributed by atoms with Gasteiger partial charge in [-0.1, -0.05) is 6.42 Å². The summed E-state index contributed by atoms with van der Waals surface area (Å²) in [5.74, 6) is 2.13. The summed E-state index contributed by atoms with van der Waals surface area (Å²) >= 11 is 0. The van der Waals surface area contributed by atoms with E-state index in [1.807, 2.05) is 7.05 Å². The lowest BCUT2D eigenvalue weighted by Crippen LogP contribution is -2.14. The van der Waals surface area contributed by atoms with E-state index in [1.54, 1.807) is 0 Å². The van der Waals surface area contributed by atoms with E-state index in [2.05, 4.69) is 16.1 Å². The highest BCUT2D eigenvalue weighted by Gasteiger charge is 2.31. The third kappa shape index (κ3) is 1.69. The molecule has 0 amide bonds. The van der Waals surface area contributed by atoms with Crippen molar-refractivity contribution in [2.24, 2.45) is 0 Å². The fourth-order valence-corrected chi connectivity index (χ4v) is 2.34. The van der Waals surface area contributed by atoms with Gasteiger partial charge in [-0.2, -0.15) is 0 Å². The molecule has 2 fully saturated rings. The van der Waals surface area contributed by atoms with Gasteiger partial charge in [0.15, 0.2) is 0 Å². The lowest BCUT2D eigenvalue weighted by Gasteiger charge is -2.25. The van der Waals surface area contributed by atoms with Gasteiger partial charge in [0.25, 0.3) is 0 Å². The number of hydrogen-bond donors (Lipinski definition) is 1. The molecule has 0 aromatic carbocycles. The van der Waals surface area contributed by atoms with Crippen molar-refractivity contribution in [2.75, 3.05) is 7.05 Å². The number of nitrogens with zero attached hydrogens (tertiary/aromatic N) is 2. The Morgan fingerprint density at radius 3 is 2.73 bits per heavy atom. The molecular formula is C12H19N3. The minimum atomic E-state index is 0.760. The average Bonchev–Trinajstić information content (AvgIpc) is 2.89. The predicted octanol–water partition coefficient (Wildman–Crippen LogP) is 2.20. The maximum Gasteiger partial charge on any atom is 0.112 e. The first kappa shape index (κ1) is 9.40. The monoisotopic (exact) mass is 205 g/mol. The molecule has 3 rings (SSSR count). The van der Waals surface area contributed by atoms with Crippen molar-refractivity contribution in [1.82, 2.24) is 14.9 Å². The van der Waals surface area contributed by atoms with Crippen molar-refractivity contribution in [3.05, 3.63) is 17.7 Å². The number of nitrogens with one attached hydrogen (secondary N) is 1. The van der Waals surface area contributed by atoms with Crippen LogP contribution in [0.15, 0.2) is 6.20 Å². The van der Waals surface area contributed by atoms with Gasteiger partial charge in [-0.25, -0.2) is 4.98 Å². The molecule has 0 radical (unpaired) electrons. The van der Waals surface area contributed by atoms with Crippen LogP contribution in [0.5, 0.6) is 0 Å². The molecule has 2 saturated carbocycles. The molecule has 0 atom stereocenters. The molecule has 1 N–H and O–H groups in total. The molecule has 3 heteroatoms. The second kappa shape index (κ2) is 3.63. The highest BCUT2D eigenvalue weighted by molar-refractivity contribution is 5.13. The summed E-state index contributed by atoms with van der Waals surface area (Å²) in [6.07, 6.45) is 9.07. The highest BCUT2D eigenvalue weighted by Crippen LogP contribution is 2.42. The van der Waals surface area contributed by atoms with E-state index >= 15 is 0 Å². The molecule has 1 aromatic rings. The third-order valence-corrected chi connectivity index (χ3v) is 3.58. The zero-order valence-corrected chi connectivity index (χ0v) is 9.37. The third-order valence-electron chi connectivity index (χ3n) is 3.58. The molecule has 0 aliphatic heterocycles. The van der Waals surface area contributed by atoms with Gasteiger partial charge in [0, 0.05) is 24.7 Å². The Hall–Kier alpha value is -0.830. The topological polar surface area (TPSA) is 29.9 Å². The number of hydrogen-bond acceptors (Lipinski definition) is 2. The van der Waals surface area contributed by atoms with Gasteiger partial charge in [0.1, 0.15) is 5.82 Å². The number of imidazole rings is 1. The molecule has 0 saturated heterocycles. The van der Waals surface area contributed by atoms with Crippen molar-refractivity contribution in [3.63, 3.8) is 0 Å². The van der Waals surface area contributed by atoms with E-state index in [0.29, 0.717) is 0 Å². The van der Waals surface area contributed by atoms with Crippen molar-refractivity contribution in [2.45, 2.75) is 50.6 Å². The Kier molecular flexibility index (Phi) is 2.28. The molecule has 15 heavy (non-hydrogen) atoms. The van der Waals surface area contributed by atoms with Crippen LogP contribution >= 0.6 is 0 Å². The van der Waals surface area contributed by atoms with Crippen molar-refractivity contribution in [3.8, 4) is 0 Å². The van der Waals surface area contributed by atoms with Crippen LogP contribution in [0.3, 0.4) is 0 Å². The highest BCUT2D eigenvalue weighted by atomic mass is 15.1. The first-order valence-corrected chi connectivity index (χ1v) is 6.10. The Labute approximate surface area is 90.9 Å². The average molecular weight is 205 g/mol. The molecule has 82 valence electrons. The van der Waals surface area contributed by atoms with Gasteiger partial charge < -0.3 is 9.88 Å². The quantitative estimate of drug-likeness (QED) is 0.816. The second-order valence-corrected chi connectivity index (χ2v) is 4.89. The van der Waals surface area contributed by atoms with Crippen molar-refractivity contribution < 1.29 is 0 Å². The first-order chi connectivity index (χ1) is 7.38. The summed E-state index contributed by atoms with van der Waals surface area (Å²) in [4.78, 5) is 4.78. The SMILES string of the molecule is CNCc1cn(C2CC2)c(C2CCC2)n1. The molecule has 3 nitrogen and oxygen atoms in total. The standard InChI is InChI=1S/C12H19N3/c1-13-7-10-8-15(11-5-6-11)12(14-10)9-3-2-4-9/h8-9,11,13H,2-7H2,1H3. The Balaban J connectivity index is 1.87. The fourth-order valence-electron chi connectivity index (χ4n) is 2.34. The lowest BCUT2D eigenvalue weighted by atomic mass is 9.85. The minimum absolute atomic E-state index is 0.760. The fraction of sp³-hybridized carbons (Fsp3) is 0.750. The van der Waals surface area contributed by atoms with E-state index in [-0.39, 0.29) is 0 Å². The first-order valence-electron chi connectivity index (χ1n) is 6.10. The Bertz CT molecular complexity index is 348. The van der Waals surface area contributed by atoms with Crippen molar-refractivity contribution in [1.29, 1.82) is 0 Å². The van der Waals surface area contributed by atoms with Gasteiger partial charge in [-0.15, -0.1) is 0 Å². The van der Waals surface area contributed by atoms with Gasteiger partial charge in [-0.05, 0) is 32.7 Å². The molecular weight excluding hydrogens is 186 g/mol. The summed E-state index contributed by atoms with van der Waals surface area (Å²) in [5, 5.41) is 3.18. The van der Waals surface area contributed by atoms with Crippen LogP contribution in [0.4, 0.5) is 0 Å². The summed E-state index contributed by atoms with van der Waals surface area (Å²) in [5.41, 5.74) is 1.21. The molecule has 2 aliphatic carbocycles. The predicted molar refractivity (Wildman–Crippen MR) is 59.9 cm³/mol. The number of rotatable bonds is 4. The van der Waals surface area contributed by atoms with Crippen LogP contribution in [-0.4, -0.2) is 16.6 Å². The Morgan fingerprint density at radius 1 is 1.40 bits per heavy atom. The van der Waals surface area contributed by atoms with E-state index < -0.39 is 0 Å². The van der Waals surface area contributed by atoms with E-state index in [9.17, 15) is 0 Å². The second-order valence-electron chi connectivity index (χ2n) is 4.89. The maximum absolute atomic E-state index is 4.78. The summed E-state index contributed by atoms with van der Waals surface area (Å²) in [7, 11) is 1.99.